The minimum atomic E-state index is -1.42. The summed E-state index contributed by atoms with van der Waals surface area (Å²) in [6.07, 6.45) is 30.7. The maximum atomic E-state index is 13.1. The molecule has 3 N–H and O–H groups in total. The van der Waals surface area contributed by atoms with Crippen LogP contribution >= 0.6 is 0 Å². The lowest BCUT2D eigenvalue weighted by molar-refractivity contribution is -0.204. The number of allylic oxidation sites excluding steroid dienone is 1. The van der Waals surface area contributed by atoms with Crippen LogP contribution in [0.2, 0.25) is 0 Å². The summed E-state index contributed by atoms with van der Waals surface area (Å²) in [4.78, 5) is 13.1. The van der Waals surface area contributed by atoms with E-state index in [1.807, 2.05) is 0 Å². The molecule has 4 nitrogen and oxygen atoms in total. The summed E-state index contributed by atoms with van der Waals surface area (Å²) < 4.78 is 0. The molecule has 0 aromatic carbocycles. The van der Waals surface area contributed by atoms with Gasteiger partial charge in [-0.1, -0.05) is 162 Å². The van der Waals surface area contributed by atoms with Crippen LogP contribution in [0.15, 0.2) is 11.6 Å². The summed E-state index contributed by atoms with van der Waals surface area (Å²) in [5.74, 6) is 2.01. The first kappa shape index (κ1) is 40.9. The highest BCUT2D eigenvalue weighted by Gasteiger charge is 2.67. The van der Waals surface area contributed by atoms with E-state index in [9.17, 15) is 20.1 Å². The lowest BCUT2D eigenvalue weighted by atomic mass is 9.42. The second kappa shape index (κ2) is 18.8. The van der Waals surface area contributed by atoms with Crippen LogP contribution in [0, 0.1) is 52.3 Å². The molecule has 0 aliphatic heterocycles. The van der Waals surface area contributed by atoms with Gasteiger partial charge in [-0.2, -0.15) is 0 Å². The third-order valence-electron chi connectivity index (χ3n) is 15.3. The number of carboxylic acids is 1. The molecule has 0 spiro atoms. The number of aliphatic hydroxyl groups excluding tert-OH is 1. The monoisotopic (exact) mass is 685 g/mol. The fraction of sp³-hybridized carbons (Fsp3) is 0.933. The predicted octanol–water partition coefficient (Wildman–Crippen LogP) is 12.3. The second-order valence-corrected chi connectivity index (χ2v) is 18.8. The topological polar surface area (TPSA) is 77.8 Å². The molecule has 4 aliphatic carbocycles. The van der Waals surface area contributed by atoms with Gasteiger partial charge in [0, 0.05) is 11.8 Å². The molecule has 284 valence electrons. The van der Waals surface area contributed by atoms with Crippen LogP contribution in [0.1, 0.15) is 202 Å². The van der Waals surface area contributed by atoms with Gasteiger partial charge in [0.2, 0.25) is 0 Å². The second-order valence-electron chi connectivity index (χ2n) is 18.8. The number of aliphatic carboxylic acids is 1. The van der Waals surface area contributed by atoms with Crippen molar-refractivity contribution in [2.75, 3.05) is 0 Å². The Kier molecular flexibility index (Phi) is 15.7. The first-order valence-electron chi connectivity index (χ1n) is 21.7. The molecule has 4 heteroatoms. The Morgan fingerprint density at radius 3 is 1.96 bits per heavy atom. The predicted molar refractivity (Wildman–Crippen MR) is 205 cm³/mol. The average molecular weight is 685 g/mol. The number of carboxylic acid groups (broad SMARTS) is 1. The summed E-state index contributed by atoms with van der Waals surface area (Å²) in [6.45, 7) is 14.3. The molecule has 4 rings (SSSR count). The van der Waals surface area contributed by atoms with Gasteiger partial charge in [-0.3, -0.25) is 4.79 Å². The molecule has 0 bridgehead atoms. The van der Waals surface area contributed by atoms with E-state index < -0.39 is 29.0 Å². The van der Waals surface area contributed by atoms with Crippen LogP contribution in [0.25, 0.3) is 0 Å². The molecule has 2 unspecified atom stereocenters. The van der Waals surface area contributed by atoms with Crippen molar-refractivity contribution in [1.29, 1.82) is 0 Å². The van der Waals surface area contributed by atoms with Crippen molar-refractivity contribution in [2.45, 2.75) is 214 Å². The number of carbonyl (C=O) groups is 1. The van der Waals surface area contributed by atoms with Crippen LogP contribution < -0.4 is 0 Å². The maximum Gasteiger partial charge on any atom is 0.309 e. The van der Waals surface area contributed by atoms with Crippen LogP contribution in [-0.2, 0) is 4.79 Å². The first-order valence-corrected chi connectivity index (χ1v) is 21.7. The molecule has 0 aromatic rings. The molecule has 49 heavy (non-hydrogen) atoms. The lowest BCUT2D eigenvalue weighted by Crippen LogP contribution is -2.65. The number of rotatable bonds is 22. The zero-order valence-corrected chi connectivity index (χ0v) is 33.1. The SMILES string of the molecule is CCCCCCCCCCCCCCCCC(C(=O)O)C1(O)C[C@@H](O)CC2=CC[C@H]3[C@@H]4CC[C@H]([C@H](C)CCCC(C)C)[C@@]4(C)CC[C@@H]3[C@]21C. The molecular weight excluding hydrogens is 604 g/mol. The van der Waals surface area contributed by atoms with E-state index in [0.717, 1.165) is 55.4 Å². The molecule has 4 aliphatic rings. The van der Waals surface area contributed by atoms with E-state index in [2.05, 4.69) is 47.6 Å². The minimum absolute atomic E-state index is 0.192. The van der Waals surface area contributed by atoms with Gasteiger partial charge in [-0.05, 0) is 85.9 Å². The van der Waals surface area contributed by atoms with Gasteiger partial charge in [0.25, 0.3) is 0 Å². The Bertz CT molecular complexity index is 1040. The Hall–Kier alpha value is -0.870. The quantitative estimate of drug-likeness (QED) is 0.0783. The highest BCUT2D eigenvalue weighted by Crippen LogP contribution is 2.69. The zero-order valence-electron chi connectivity index (χ0n) is 33.1. The molecule has 0 heterocycles. The fourth-order valence-corrected chi connectivity index (χ4v) is 12.5. The Morgan fingerprint density at radius 2 is 1.39 bits per heavy atom. The third-order valence-corrected chi connectivity index (χ3v) is 15.3. The van der Waals surface area contributed by atoms with Crippen LogP contribution in [0.3, 0.4) is 0 Å². The van der Waals surface area contributed by atoms with Gasteiger partial charge in [-0.25, -0.2) is 0 Å². The number of hydrogen-bond acceptors (Lipinski definition) is 3. The van der Waals surface area contributed by atoms with Crippen molar-refractivity contribution >= 4 is 5.97 Å². The Morgan fingerprint density at radius 1 is 0.796 bits per heavy atom. The molecule has 3 fully saturated rings. The van der Waals surface area contributed by atoms with Crippen molar-refractivity contribution < 1.29 is 20.1 Å². The lowest BCUT2D eigenvalue weighted by Gasteiger charge is -2.64. The molecule has 0 saturated heterocycles. The van der Waals surface area contributed by atoms with E-state index in [-0.39, 0.29) is 12.3 Å². The third kappa shape index (κ3) is 9.39. The van der Waals surface area contributed by atoms with Gasteiger partial charge in [0.1, 0.15) is 0 Å². The molecule has 0 radical (unpaired) electrons. The summed E-state index contributed by atoms with van der Waals surface area (Å²) >= 11 is 0. The van der Waals surface area contributed by atoms with Gasteiger partial charge in [0.05, 0.1) is 17.6 Å². The smallest absolute Gasteiger partial charge is 0.309 e. The molecule has 3 saturated carbocycles. The highest BCUT2D eigenvalue weighted by atomic mass is 16.4. The highest BCUT2D eigenvalue weighted by molar-refractivity contribution is 5.72. The summed E-state index contributed by atoms with van der Waals surface area (Å²) in [5.41, 5.74) is -0.510. The van der Waals surface area contributed by atoms with E-state index in [1.54, 1.807) is 0 Å². The summed E-state index contributed by atoms with van der Waals surface area (Å²) in [5, 5.41) is 34.7. The number of aliphatic hydroxyl groups is 2. The van der Waals surface area contributed by atoms with E-state index in [4.69, 9.17) is 0 Å². The standard InChI is InChI=1S/C45H80O4/c1-7-8-9-10-11-12-13-14-15-16-17-18-19-20-24-41(42(47)48)45(49)32-36(46)31-35-25-26-37-39-28-27-38(34(4)23-21-22-33(2)3)43(39,5)30-29-40(37)44(35,45)6/h25,33-34,36-41,46,49H,7-24,26-32H2,1-6H3,(H,47,48)/t34-,36+,37+,38-,39+,40+,41?,43-,44+,45?/m1/s1. The van der Waals surface area contributed by atoms with E-state index in [0.29, 0.717) is 30.1 Å². The van der Waals surface area contributed by atoms with Crippen molar-refractivity contribution in [2.24, 2.45) is 52.3 Å². The molecule has 0 aromatic heterocycles. The van der Waals surface area contributed by atoms with Gasteiger partial charge in [0.15, 0.2) is 0 Å². The minimum Gasteiger partial charge on any atom is -0.481 e. The number of unbranched alkanes of at least 4 members (excludes halogenated alkanes) is 13. The van der Waals surface area contributed by atoms with Crippen molar-refractivity contribution in [3.8, 4) is 0 Å². The van der Waals surface area contributed by atoms with E-state index >= 15 is 0 Å². The largest absolute Gasteiger partial charge is 0.481 e. The van der Waals surface area contributed by atoms with Crippen molar-refractivity contribution in [1.82, 2.24) is 0 Å². The molecule has 10 atom stereocenters. The molecule has 0 amide bonds. The average Bonchev–Trinajstić information content (AvgIpc) is 3.40. The van der Waals surface area contributed by atoms with Crippen LogP contribution in [-0.4, -0.2) is 33.0 Å². The van der Waals surface area contributed by atoms with Crippen molar-refractivity contribution in [3.05, 3.63) is 11.6 Å². The normalized spacial score (nSPS) is 35.4. The Labute approximate surface area is 303 Å². The van der Waals surface area contributed by atoms with Gasteiger partial charge < -0.3 is 15.3 Å². The summed E-state index contributed by atoms with van der Waals surface area (Å²) in [6, 6.07) is 0. The first-order chi connectivity index (χ1) is 23.4. The maximum absolute atomic E-state index is 13.1. The summed E-state index contributed by atoms with van der Waals surface area (Å²) in [7, 11) is 0. The number of hydrogen-bond donors (Lipinski definition) is 3. The van der Waals surface area contributed by atoms with Gasteiger partial charge >= 0.3 is 5.97 Å². The van der Waals surface area contributed by atoms with Crippen LogP contribution in [0.4, 0.5) is 0 Å². The van der Waals surface area contributed by atoms with Crippen molar-refractivity contribution in [3.63, 3.8) is 0 Å². The van der Waals surface area contributed by atoms with Crippen LogP contribution in [0.5, 0.6) is 0 Å². The Balaban J connectivity index is 1.35. The fourth-order valence-electron chi connectivity index (χ4n) is 12.5. The molecular formula is C45H80O4. The number of fused-ring (bicyclic) bond motifs is 5. The van der Waals surface area contributed by atoms with Gasteiger partial charge in [-0.15, -0.1) is 0 Å². The van der Waals surface area contributed by atoms with E-state index in [1.165, 1.54) is 109 Å². The zero-order chi connectivity index (χ0) is 35.7.